The molecule has 0 aromatic carbocycles. The van der Waals surface area contributed by atoms with Gasteiger partial charge in [-0.05, 0) is 38.7 Å². The van der Waals surface area contributed by atoms with Gasteiger partial charge in [-0.1, -0.05) is 0 Å². The van der Waals surface area contributed by atoms with Crippen LogP contribution in [0.4, 0.5) is 19.0 Å². The van der Waals surface area contributed by atoms with Crippen molar-refractivity contribution in [1.29, 1.82) is 0 Å². The zero-order valence-electron chi connectivity index (χ0n) is 19.2. The molecule has 3 aromatic heterocycles. The smallest absolute Gasteiger partial charge is 0.364 e. The van der Waals surface area contributed by atoms with Gasteiger partial charge in [0, 0.05) is 17.1 Å². The Morgan fingerprint density at radius 2 is 1.92 bits per heavy atom. The third-order valence-electron chi connectivity index (χ3n) is 6.42. The van der Waals surface area contributed by atoms with Gasteiger partial charge in [0.1, 0.15) is 12.6 Å². The molecule has 1 saturated heterocycles. The molecule has 1 aliphatic carbocycles. The predicted molar refractivity (Wildman–Crippen MR) is 118 cm³/mol. The molecule has 0 unspecified atom stereocenters. The molecule has 1 saturated carbocycles. The summed E-state index contributed by atoms with van der Waals surface area (Å²) in [6, 6.07) is 0.617. The van der Waals surface area contributed by atoms with Gasteiger partial charge in [0.05, 0.1) is 23.6 Å². The van der Waals surface area contributed by atoms with Crippen molar-refractivity contribution in [2.45, 2.75) is 51.5 Å². The fourth-order valence-corrected chi connectivity index (χ4v) is 4.88. The summed E-state index contributed by atoms with van der Waals surface area (Å²) in [5.74, 6) is -2.06. The van der Waals surface area contributed by atoms with E-state index in [4.69, 9.17) is 5.73 Å². The minimum absolute atomic E-state index is 0.00883. The van der Waals surface area contributed by atoms with Gasteiger partial charge in [0.25, 0.3) is 5.91 Å². The van der Waals surface area contributed by atoms with E-state index >= 15 is 0 Å². The van der Waals surface area contributed by atoms with E-state index in [0.29, 0.717) is 34.9 Å². The van der Waals surface area contributed by atoms with Gasteiger partial charge in [0.2, 0.25) is 11.8 Å². The number of anilines is 1. The highest BCUT2D eigenvalue weighted by Crippen LogP contribution is 2.48. The van der Waals surface area contributed by atoms with Crippen molar-refractivity contribution in [3.05, 3.63) is 41.2 Å². The molecule has 36 heavy (non-hydrogen) atoms. The predicted octanol–water partition coefficient (Wildman–Crippen LogP) is 1.58. The normalized spacial score (nSPS) is 20.9. The maximum atomic E-state index is 13.4. The molecule has 3 aromatic rings. The van der Waals surface area contributed by atoms with Crippen molar-refractivity contribution >= 4 is 34.4 Å². The maximum Gasteiger partial charge on any atom is 0.434 e. The number of nitrogens with zero attached hydrogens (tertiary/aromatic N) is 6. The topological polar surface area (TPSA) is 149 Å². The number of fused-ring (bicyclic) bond motifs is 2. The van der Waals surface area contributed by atoms with Crippen molar-refractivity contribution in [2.24, 2.45) is 11.7 Å². The van der Waals surface area contributed by atoms with Gasteiger partial charge in [-0.3, -0.25) is 29.0 Å². The average Bonchev–Trinajstić information content (AvgIpc) is 3.28. The van der Waals surface area contributed by atoms with Crippen molar-refractivity contribution in [2.75, 3.05) is 5.32 Å². The Labute approximate surface area is 201 Å². The first-order valence-electron chi connectivity index (χ1n) is 11.1. The largest absolute Gasteiger partial charge is 0.434 e. The Morgan fingerprint density at radius 3 is 2.61 bits per heavy atom. The van der Waals surface area contributed by atoms with Crippen molar-refractivity contribution < 1.29 is 27.6 Å². The Hall–Kier alpha value is -4.10. The summed E-state index contributed by atoms with van der Waals surface area (Å²) in [4.78, 5) is 51.0. The number of hydrogen-bond donors (Lipinski definition) is 2. The van der Waals surface area contributed by atoms with Crippen LogP contribution in [0.3, 0.4) is 0 Å². The first-order valence-corrected chi connectivity index (χ1v) is 11.1. The third-order valence-corrected chi connectivity index (χ3v) is 6.42. The van der Waals surface area contributed by atoms with Crippen LogP contribution >= 0.6 is 0 Å². The zero-order chi connectivity index (χ0) is 25.9. The number of nitrogens with one attached hydrogen (secondary N) is 1. The lowest BCUT2D eigenvalue weighted by Gasteiger charge is -2.27. The van der Waals surface area contributed by atoms with Crippen molar-refractivity contribution in [1.82, 2.24) is 29.6 Å². The van der Waals surface area contributed by atoms with Crippen molar-refractivity contribution in [3.63, 3.8) is 0 Å². The van der Waals surface area contributed by atoms with E-state index < -0.39 is 35.6 Å². The quantitative estimate of drug-likeness (QED) is 0.538. The number of halogens is 3. The number of carbonyl (C=O) groups is 3. The van der Waals surface area contributed by atoms with Crippen LogP contribution in [-0.4, -0.2) is 59.4 Å². The number of piperidine rings is 1. The number of carbonyl (C=O) groups excluding carboxylic acids is 3. The minimum atomic E-state index is -4.72. The lowest BCUT2D eigenvalue weighted by molar-refractivity contribution is -0.141. The summed E-state index contributed by atoms with van der Waals surface area (Å²) in [6.07, 6.45) is -2.05. The Bertz CT molecular complexity index is 1420. The van der Waals surface area contributed by atoms with E-state index in [1.807, 2.05) is 0 Å². The standard InChI is InChI=1S/C22H21F3N8O3/c1-9-3-12-18(20(26)35)31-32(19(12)10(2)28-9)8-17(34)33-13-4-11(13)5-14(33)21(36)30-16-7-27-6-15(29-16)22(23,24)25/h3,6-7,11,13-14H,4-5,8H2,1-2H3,(H2,26,35)(H,29,30,36)/t11-,13-,14+/m1/s1. The number of aromatic nitrogens is 5. The van der Waals surface area contributed by atoms with E-state index in [-0.39, 0.29) is 30.0 Å². The minimum Gasteiger partial charge on any atom is -0.364 e. The van der Waals surface area contributed by atoms with E-state index in [1.165, 1.54) is 9.58 Å². The summed E-state index contributed by atoms with van der Waals surface area (Å²) < 4.78 is 40.2. The first-order chi connectivity index (χ1) is 16.9. The van der Waals surface area contributed by atoms with Gasteiger partial charge in [-0.25, -0.2) is 4.98 Å². The summed E-state index contributed by atoms with van der Waals surface area (Å²) in [5, 5.41) is 7.07. The van der Waals surface area contributed by atoms with Crippen LogP contribution in [-0.2, 0) is 22.3 Å². The van der Waals surface area contributed by atoms with E-state index in [9.17, 15) is 27.6 Å². The highest BCUT2D eigenvalue weighted by molar-refractivity contribution is 6.05. The molecule has 188 valence electrons. The SMILES string of the molecule is Cc1cc2c(C(N)=O)nn(CC(=O)N3[C@@H]4C[C@@H]4C[C@H]3C(=O)Nc3cncc(C(F)(F)F)n3)c2c(C)n1. The Balaban J connectivity index is 1.39. The molecule has 1 aliphatic heterocycles. The van der Waals surface area contributed by atoms with E-state index in [2.05, 4.69) is 25.4 Å². The maximum absolute atomic E-state index is 13.4. The number of likely N-dealkylation sites (tertiary alicyclic amines) is 1. The number of aryl methyl sites for hydroxylation is 2. The molecule has 0 spiro atoms. The molecule has 3 amide bonds. The molecule has 0 bridgehead atoms. The summed E-state index contributed by atoms with van der Waals surface area (Å²) in [6.45, 7) is 3.21. The number of alkyl halides is 3. The monoisotopic (exact) mass is 502 g/mol. The Kier molecular flexibility index (Phi) is 5.41. The summed E-state index contributed by atoms with van der Waals surface area (Å²) >= 11 is 0. The molecule has 11 nitrogen and oxygen atoms in total. The van der Waals surface area contributed by atoms with Crippen LogP contribution in [0.5, 0.6) is 0 Å². The summed E-state index contributed by atoms with van der Waals surface area (Å²) in [5.41, 5.74) is 5.95. The molecule has 0 radical (unpaired) electrons. The second-order valence-electron chi connectivity index (χ2n) is 9.01. The first kappa shape index (κ1) is 23.6. The van der Waals surface area contributed by atoms with Gasteiger partial charge in [-0.15, -0.1) is 0 Å². The highest BCUT2D eigenvalue weighted by Gasteiger charge is 2.56. The lowest BCUT2D eigenvalue weighted by Crippen LogP contribution is -2.47. The fourth-order valence-electron chi connectivity index (χ4n) is 4.88. The van der Waals surface area contributed by atoms with Crippen LogP contribution < -0.4 is 11.1 Å². The van der Waals surface area contributed by atoms with Gasteiger partial charge in [0.15, 0.2) is 17.2 Å². The number of amides is 3. The molecule has 2 fully saturated rings. The zero-order valence-corrected chi connectivity index (χ0v) is 19.2. The number of nitrogens with two attached hydrogens (primary N) is 1. The second kappa shape index (κ2) is 8.24. The molecular formula is C22H21F3N8O3. The fraction of sp³-hybridized carbons (Fsp3) is 0.409. The van der Waals surface area contributed by atoms with Crippen LogP contribution in [0.1, 0.15) is 40.4 Å². The molecule has 14 heteroatoms. The van der Waals surface area contributed by atoms with Gasteiger partial charge >= 0.3 is 6.18 Å². The second-order valence-corrected chi connectivity index (χ2v) is 9.01. The molecule has 2 aliphatic rings. The lowest BCUT2D eigenvalue weighted by atomic mass is 10.1. The number of pyridine rings is 1. The highest BCUT2D eigenvalue weighted by atomic mass is 19.4. The van der Waals surface area contributed by atoms with E-state index in [0.717, 1.165) is 12.6 Å². The number of rotatable bonds is 5. The number of primary amides is 1. The van der Waals surface area contributed by atoms with E-state index in [1.54, 1.807) is 19.9 Å². The van der Waals surface area contributed by atoms with Gasteiger partial charge < -0.3 is 16.0 Å². The van der Waals surface area contributed by atoms with Crippen LogP contribution in [0.2, 0.25) is 0 Å². The average molecular weight is 502 g/mol. The van der Waals surface area contributed by atoms with Crippen LogP contribution in [0.25, 0.3) is 10.9 Å². The van der Waals surface area contributed by atoms with Crippen LogP contribution in [0, 0.1) is 19.8 Å². The molecule has 3 atom stereocenters. The third kappa shape index (κ3) is 4.12. The number of hydrogen-bond acceptors (Lipinski definition) is 7. The Morgan fingerprint density at radius 1 is 1.17 bits per heavy atom. The van der Waals surface area contributed by atoms with Gasteiger partial charge in [-0.2, -0.15) is 18.3 Å². The molecular weight excluding hydrogens is 481 g/mol. The molecule has 4 heterocycles. The van der Waals surface area contributed by atoms with Crippen molar-refractivity contribution in [3.8, 4) is 0 Å². The van der Waals surface area contributed by atoms with Crippen LogP contribution in [0.15, 0.2) is 18.5 Å². The summed E-state index contributed by atoms with van der Waals surface area (Å²) in [7, 11) is 0. The molecule has 5 rings (SSSR count). The molecule has 3 N–H and O–H groups in total.